The highest BCUT2D eigenvalue weighted by atomic mass is 16.3. The molecule has 0 aromatic carbocycles. The third kappa shape index (κ3) is 1.20. The van der Waals surface area contributed by atoms with E-state index in [-0.39, 0.29) is 5.41 Å². The lowest BCUT2D eigenvalue weighted by Crippen LogP contribution is -2.38. The van der Waals surface area contributed by atoms with Crippen molar-refractivity contribution in [2.75, 3.05) is 6.61 Å². The second-order valence-corrected chi connectivity index (χ2v) is 4.37. The van der Waals surface area contributed by atoms with Crippen molar-refractivity contribution in [3.05, 3.63) is 12.2 Å². The molecule has 1 saturated carbocycles. The largest absolute Gasteiger partial charge is 0.396 e. The summed E-state index contributed by atoms with van der Waals surface area (Å²) in [6, 6.07) is 0. The Labute approximate surface area is 74.5 Å². The molecular formula is C11H18O. The van der Waals surface area contributed by atoms with Crippen LogP contribution in [0.5, 0.6) is 0 Å². The number of hydrogen-bond donors (Lipinski definition) is 1. The maximum atomic E-state index is 9.44. The number of aliphatic hydroxyl groups is 1. The molecule has 0 spiro atoms. The number of allylic oxidation sites excluding steroid dienone is 2. The van der Waals surface area contributed by atoms with Crippen molar-refractivity contribution in [1.82, 2.24) is 0 Å². The molecule has 0 aromatic rings. The van der Waals surface area contributed by atoms with E-state index >= 15 is 0 Å². The summed E-state index contributed by atoms with van der Waals surface area (Å²) < 4.78 is 0. The van der Waals surface area contributed by atoms with Crippen LogP contribution in [0.2, 0.25) is 0 Å². The van der Waals surface area contributed by atoms with Crippen LogP contribution in [0.15, 0.2) is 12.2 Å². The number of fused-ring (bicyclic) bond motifs is 1. The third-order valence-electron chi connectivity index (χ3n) is 3.77. The zero-order valence-electron chi connectivity index (χ0n) is 7.63. The molecule has 2 rings (SSSR count). The molecule has 0 aromatic heterocycles. The van der Waals surface area contributed by atoms with Gasteiger partial charge in [0.05, 0.1) is 0 Å². The molecule has 2 aliphatic rings. The summed E-state index contributed by atoms with van der Waals surface area (Å²) >= 11 is 0. The molecule has 0 radical (unpaired) electrons. The minimum atomic E-state index is 0.285. The summed E-state index contributed by atoms with van der Waals surface area (Å²) in [6.45, 7) is 0.405. The number of hydrogen-bond acceptors (Lipinski definition) is 1. The molecule has 2 unspecified atom stereocenters. The highest BCUT2D eigenvalue weighted by Gasteiger charge is 2.39. The molecule has 1 N–H and O–H groups in total. The van der Waals surface area contributed by atoms with Gasteiger partial charge in [-0.05, 0) is 31.6 Å². The topological polar surface area (TPSA) is 20.2 Å². The van der Waals surface area contributed by atoms with Gasteiger partial charge < -0.3 is 5.11 Å². The van der Waals surface area contributed by atoms with Gasteiger partial charge in [0.15, 0.2) is 0 Å². The first-order chi connectivity index (χ1) is 5.87. The van der Waals surface area contributed by atoms with E-state index in [0.717, 1.165) is 12.3 Å². The minimum Gasteiger partial charge on any atom is -0.396 e. The van der Waals surface area contributed by atoms with Gasteiger partial charge in [-0.2, -0.15) is 0 Å². The highest BCUT2D eigenvalue weighted by molar-refractivity contribution is 5.03. The normalized spacial score (nSPS) is 40.9. The molecule has 1 fully saturated rings. The van der Waals surface area contributed by atoms with Crippen LogP contribution in [-0.4, -0.2) is 11.7 Å². The average molecular weight is 166 g/mol. The van der Waals surface area contributed by atoms with Gasteiger partial charge >= 0.3 is 0 Å². The number of rotatable bonds is 1. The van der Waals surface area contributed by atoms with Crippen LogP contribution in [-0.2, 0) is 0 Å². The smallest absolute Gasteiger partial charge is 0.0493 e. The SMILES string of the molecule is OCC12CC=CCC1CCCC2. The van der Waals surface area contributed by atoms with E-state index in [9.17, 15) is 5.11 Å². The van der Waals surface area contributed by atoms with Gasteiger partial charge in [-0.3, -0.25) is 0 Å². The molecule has 2 aliphatic carbocycles. The Morgan fingerprint density at radius 2 is 2.25 bits per heavy atom. The van der Waals surface area contributed by atoms with Gasteiger partial charge in [-0.15, -0.1) is 0 Å². The van der Waals surface area contributed by atoms with Crippen LogP contribution in [0.1, 0.15) is 38.5 Å². The Kier molecular flexibility index (Phi) is 2.22. The van der Waals surface area contributed by atoms with Crippen molar-refractivity contribution in [2.24, 2.45) is 11.3 Å². The second kappa shape index (κ2) is 3.21. The quantitative estimate of drug-likeness (QED) is 0.593. The molecule has 0 amide bonds. The van der Waals surface area contributed by atoms with Gasteiger partial charge in [0.25, 0.3) is 0 Å². The average Bonchev–Trinajstić information content (AvgIpc) is 2.18. The van der Waals surface area contributed by atoms with Crippen LogP contribution in [0, 0.1) is 11.3 Å². The van der Waals surface area contributed by atoms with Crippen molar-refractivity contribution in [3.8, 4) is 0 Å². The standard InChI is InChI=1S/C11H18O/c12-9-11-7-3-1-5-10(11)6-2-4-8-11/h1,3,10,12H,2,4-9H2. The Morgan fingerprint density at radius 3 is 3.00 bits per heavy atom. The van der Waals surface area contributed by atoms with E-state index in [2.05, 4.69) is 12.2 Å². The number of aliphatic hydroxyl groups excluding tert-OH is 1. The predicted octanol–water partition coefficient (Wildman–Crippen LogP) is 2.51. The summed E-state index contributed by atoms with van der Waals surface area (Å²) in [6.07, 6.45) is 12.2. The first-order valence-corrected chi connectivity index (χ1v) is 5.13. The molecule has 0 saturated heterocycles. The van der Waals surface area contributed by atoms with E-state index < -0.39 is 0 Å². The first-order valence-electron chi connectivity index (χ1n) is 5.13. The van der Waals surface area contributed by atoms with Crippen LogP contribution >= 0.6 is 0 Å². The van der Waals surface area contributed by atoms with Crippen molar-refractivity contribution in [3.63, 3.8) is 0 Å². The lowest BCUT2D eigenvalue weighted by Gasteiger charge is -2.44. The fourth-order valence-corrected chi connectivity index (χ4v) is 2.87. The summed E-state index contributed by atoms with van der Waals surface area (Å²) in [5.74, 6) is 0.779. The Bertz CT molecular complexity index is 185. The summed E-state index contributed by atoms with van der Waals surface area (Å²) in [7, 11) is 0. The van der Waals surface area contributed by atoms with E-state index in [1.165, 1.54) is 32.1 Å². The van der Waals surface area contributed by atoms with Crippen molar-refractivity contribution in [1.29, 1.82) is 0 Å². The van der Waals surface area contributed by atoms with Gasteiger partial charge in [0.2, 0.25) is 0 Å². The molecule has 0 bridgehead atoms. The van der Waals surface area contributed by atoms with Crippen LogP contribution in [0.4, 0.5) is 0 Å². The fourth-order valence-electron chi connectivity index (χ4n) is 2.87. The highest BCUT2D eigenvalue weighted by Crippen LogP contribution is 2.47. The Balaban J connectivity index is 2.17. The van der Waals surface area contributed by atoms with E-state index in [1.807, 2.05) is 0 Å². The molecule has 1 nitrogen and oxygen atoms in total. The van der Waals surface area contributed by atoms with Gasteiger partial charge in [0, 0.05) is 12.0 Å². The molecule has 2 atom stereocenters. The summed E-state index contributed by atoms with van der Waals surface area (Å²) in [5.41, 5.74) is 0.285. The van der Waals surface area contributed by atoms with Crippen molar-refractivity contribution < 1.29 is 5.11 Å². The second-order valence-electron chi connectivity index (χ2n) is 4.37. The van der Waals surface area contributed by atoms with Crippen molar-refractivity contribution >= 4 is 0 Å². The maximum Gasteiger partial charge on any atom is 0.0493 e. The zero-order chi connectivity index (χ0) is 8.44. The maximum absolute atomic E-state index is 9.44. The van der Waals surface area contributed by atoms with Gasteiger partial charge in [-0.25, -0.2) is 0 Å². The van der Waals surface area contributed by atoms with E-state index in [0.29, 0.717) is 6.61 Å². The van der Waals surface area contributed by atoms with Crippen LogP contribution < -0.4 is 0 Å². The van der Waals surface area contributed by atoms with Gasteiger partial charge in [0.1, 0.15) is 0 Å². The first kappa shape index (κ1) is 8.31. The van der Waals surface area contributed by atoms with Crippen molar-refractivity contribution in [2.45, 2.75) is 38.5 Å². The van der Waals surface area contributed by atoms with Gasteiger partial charge in [-0.1, -0.05) is 25.0 Å². The zero-order valence-corrected chi connectivity index (χ0v) is 7.63. The predicted molar refractivity (Wildman–Crippen MR) is 49.9 cm³/mol. The molecule has 68 valence electrons. The lowest BCUT2D eigenvalue weighted by molar-refractivity contribution is 0.0219. The molecule has 1 heteroatoms. The lowest BCUT2D eigenvalue weighted by atomic mass is 9.62. The minimum absolute atomic E-state index is 0.285. The monoisotopic (exact) mass is 166 g/mol. The Hall–Kier alpha value is -0.300. The third-order valence-corrected chi connectivity index (χ3v) is 3.77. The molecule has 0 aliphatic heterocycles. The molecular weight excluding hydrogens is 148 g/mol. The summed E-state index contributed by atoms with van der Waals surface area (Å²) in [5, 5.41) is 9.44. The Morgan fingerprint density at radius 1 is 1.33 bits per heavy atom. The van der Waals surface area contributed by atoms with E-state index in [4.69, 9.17) is 0 Å². The fraction of sp³-hybridized carbons (Fsp3) is 0.818. The van der Waals surface area contributed by atoms with Crippen LogP contribution in [0.25, 0.3) is 0 Å². The molecule has 0 heterocycles. The molecule has 12 heavy (non-hydrogen) atoms. The summed E-state index contributed by atoms with van der Waals surface area (Å²) in [4.78, 5) is 0. The van der Waals surface area contributed by atoms with Crippen LogP contribution in [0.3, 0.4) is 0 Å². The van der Waals surface area contributed by atoms with E-state index in [1.54, 1.807) is 0 Å².